The lowest BCUT2D eigenvalue weighted by Crippen LogP contribution is -2.21. The molecule has 0 aliphatic carbocycles. The monoisotopic (exact) mass is 472 g/mol. The third-order valence-electron chi connectivity index (χ3n) is 5.69. The van der Waals surface area contributed by atoms with E-state index < -0.39 is 17.7 Å². The van der Waals surface area contributed by atoms with Crippen LogP contribution in [-0.4, -0.2) is 12.6 Å². The SMILES string of the molecule is CCCCCOc1cccc(C2C(C#N)=C(N)Oc3cc(OC(=O)c4ccc(F)cc4)ccc32)c1. The highest BCUT2D eigenvalue weighted by molar-refractivity contribution is 5.91. The number of nitriles is 1. The van der Waals surface area contributed by atoms with E-state index in [1.54, 1.807) is 18.2 Å². The fourth-order valence-electron chi connectivity index (χ4n) is 3.92. The van der Waals surface area contributed by atoms with Gasteiger partial charge in [0.25, 0.3) is 0 Å². The van der Waals surface area contributed by atoms with Gasteiger partial charge >= 0.3 is 5.97 Å². The summed E-state index contributed by atoms with van der Waals surface area (Å²) in [7, 11) is 0. The van der Waals surface area contributed by atoms with Crippen molar-refractivity contribution in [2.75, 3.05) is 6.61 Å². The Morgan fingerprint density at radius 1 is 1.09 bits per heavy atom. The van der Waals surface area contributed by atoms with Gasteiger partial charge in [0.05, 0.1) is 18.1 Å². The fourth-order valence-corrected chi connectivity index (χ4v) is 3.92. The van der Waals surface area contributed by atoms with Crippen LogP contribution in [0.4, 0.5) is 4.39 Å². The molecule has 0 saturated carbocycles. The van der Waals surface area contributed by atoms with Crippen molar-refractivity contribution in [1.29, 1.82) is 5.26 Å². The maximum absolute atomic E-state index is 13.1. The van der Waals surface area contributed by atoms with E-state index in [0.717, 1.165) is 24.8 Å². The van der Waals surface area contributed by atoms with E-state index >= 15 is 0 Å². The van der Waals surface area contributed by atoms with Gasteiger partial charge in [0.2, 0.25) is 5.88 Å². The number of benzene rings is 3. The minimum atomic E-state index is -0.633. The summed E-state index contributed by atoms with van der Waals surface area (Å²) in [5.41, 5.74) is 8.14. The lowest BCUT2D eigenvalue weighted by molar-refractivity contribution is 0.0734. The molecule has 0 spiro atoms. The summed E-state index contributed by atoms with van der Waals surface area (Å²) in [5.74, 6) is -0.228. The van der Waals surface area contributed by atoms with E-state index in [-0.39, 0.29) is 22.8 Å². The van der Waals surface area contributed by atoms with Crippen LogP contribution in [0.5, 0.6) is 17.2 Å². The number of unbranched alkanes of at least 4 members (excludes halogenated alkanes) is 2. The summed E-state index contributed by atoms with van der Waals surface area (Å²) in [5, 5.41) is 9.81. The van der Waals surface area contributed by atoms with Crippen molar-refractivity contribution in [1.82, 2.24) is 0 Å². The molecule has 7 heteroatoms. The summed E-state index contributed by atoms with van der Waals surface area (Å²) in [6.45, 7) is 2.76. The fraction of sp³-hybridized carbons (Fsp3) is 0.214. The molecule has 6 nitrogen and oxygen atoms in total. The van der Waals surface area contributed by atoms with Gasteiger partial charge in [-0.25, -0.2) is 9.18 Å². The molecule has 1 atom stereocenters. The van der Waals surface area contributed by atoms with Crippen molar-refractivity contribution in [2.45, 2.75) is 32.1 Å². The Hall–Kier alpha value is -4.31. The number of hydrogen-bond acceptors (Lipinski definition) is 6. The predicted molar refractivity (Wildman–Crippen MR) is 129 cm³/mol. The van der Waals surface area contributed by atoms with Gasteiger partial charge in [-0.05, 0) is 54.4 Å². The highest BCUT2D eigenvalue weighted by Gasteiger charge is 2.31. The largest absolute Gasteiger partial charge is 0.494 e. The maximum Gasteiger partial charge on any atom is 0.343 e. The van der Waals surface area contributed by atoms with Gasteiger partial charge in [-0.15, -0.1) is 0 Å². The zero-order valence-electron chi connectivity index (χ0n) is 19.3. The Balaban J connectivity index is 1.61. The van der Waals surface area contributed by atoms with Gasteiger partial charge in [0.1, 0.15) is 34.7 Å². The molecule has 1 aliphatic rings. The van der Waals surface area contributed by atoms with E-state index in [1.807, 2.05) is 24.3 Å². The molecule has 0 radical (unpaired) electrons. The maximum atomic E-state index is 13.1. The van der Waals surface area contributed by atoms with Gasteiger partial charge in [-0.3, -0.25) is 0 Å². The molecule has 0 amide bonds. The zero-order chi connectivity index (χ0) is 24.8. The second-order valence-corrected chi connectivity index (χ2v) is 8.15. The van der Waals surface area contributed by atoms with Gasteiger partial charge < -0.3 is 19.9 Å². The highest BCUT2D eigenvalue weighted by atomic mass is 19.1. The number of ether oxygens (including phenoxy) is 3. The number of esters is 1. The number of nitrogens with two attached hydrogens (primary N) is 1. The summed E-state index contributed by atoms with van der Waals surface area (Å²) >= 11 is 0. The molecular formula is C28H25FN2O4. The average molecular weight is 473 g/mol. The normalized spacial score (nSPS) is 14.5. The third kappa shape index (κ3) is 5.44. The van der Waals surface area contributed by atoms with Crippen LogP contribution in [0, 0.1) is 17.1 Å². The Morgan fingerprint density at radius 2 is 1.89 bits per heavy atom. The first-order valence-corrected chi connectivity index (χ1v) is 11.4. The van der Waals surface area contributed by atoms with E-state index in [0.29, 0.717) is 23.7 Å². The third-order valence-corrected chi connectivity index (χ3v) is 5.69. The van der Waals surface area contributed by atoms with E-state index in [2.05, 4.69) is 13.0 Å². The molecule has 0 saturated heterocycles. The lowest BCUT2D eigenvalue weighted by atomic mass is 9.83. The van der Waals surface area contributed by atoms with Crippen LogP contribution in [0.2, 0.25) is 0 Å². The number of halogens is 1. The molecular weight excluding hydrogens is 447 g/mol. The van der Waals surface area contributed by atoms with Crippen molar-refractivity contribution in [3.63, 3.8) is 0 Å². The molecule has 178 valence electrons. The van der Waals surface area contributed by atoms with Crippen LogP contribution in [0.15, 0.2) is 78.2 Å². The molecule has 0 bridgehead atoms. The number of nitrogens with zero attached hydrogens (tertiary/aromatic N) is 1. The molecule has 35 heavy (non-hydrogen) atoms. The van der Waals surface area contributed by atoms with Gasteiger partial charge in [-0.2, -0.15) is 5.26 Å². The summed E-state index contributed by atoms with van der Waals surface area (Å²) in [6, 6.07) is 19.7. The van der Waals surface area contributed by atoms with Crippen molar-refractivity contribution in [3.8, 4) is 23.3 Å². The topological polar surface area (TPSA) is 94.6 Å². The lowest BCUT2D eigenvalue weighted by Gasteiger charge is -2.27. The Kier molecular flexibility index (Phi) is 7.32. The molecule has 0 aromatic heterocycles. The minimum Gasteiger partial charge on any atom is -0.494 e. The number of fused-ring (bicyclic) bond motifs is 1. The second kappa shape index (κ2) is 10.7. The average Bonchev–Trinajstić information content (AvgIpc) is 2.86. The van der Waals surface area contributed by atoms with Crippen molar-refractivity contribution < 1.29 is 23.4 Å². The van der Waals surface area contributed by atoms with Gasteiger partial charge in [0.15, 0.2) is 0 Å². The molecule has 2 N–H and O–H groups in total. The van der Waals surface area contributed by atoms with E-state index in [1.165, 1.54) is 24.3 Å². The number of hydrogen-bond donors (Lipinski definition) is 1. The standard InChI is InChI=1S/C28H25FN2O4/c1-2-3-4-14-33-21-7-5-6-19(15-21)26-23-13-12-22(16-25(23)35-27(31)24(26)17-30)34-28(32)18-8-10-20(29)11-9-18/h5-13,15-16,26H,2-4,14,31H2,1H3. The Labute approximate surface area is 203 Å². The van der Waals surface area contributed by atoms with Crippen LogP contribution < -0.4 is 19.9 Å². The first-order valence-electron chi connectivity index (χ1n) is 11.4. The summed E-state index contributed by atoms with van der Waals surface area (Å²) in [4.78, 5) is 12.4. The van der Waals surface area contributed by atoms with Crippen LogP contribution in [0.3, 0.4) is 0 Å². The Morgan fingerprint density at radius 3 is 2.63 bits per heavy atom. The van der Waals surface area contributed by atoms with Crippen LogP contribution in [-0.2, 0) is 0 Å². The van der Waals surface area contributed by atoms with E-state index in [9.17, 15) is 14.4 Å². The van der Waals surface area contributed by atoms with Crippen molar-refractivity contribution in [2.24, 2.45) is 5.73 Å². The molecule has 0 fully saturated rings. The number of carbonyl (C=O) groups excluding carboxylic acids is 1. The molecule has 3 aromatic carbocycles. The minimum absolute atomic E-state index is 0.0127. The van der Waals surface area contributed by atoms with E-state index in [4.69, 9.17) is 19.9 Å². The Bertz CT molecular complexity index is 1300. The van der Waals surface area contributed by atoms with Gasteiger partial charge in [0, 0.05) is 11.6 Å². The van der Waals surface area contributed by atoms with Crippen LogP contribution in [0.1, 0.15) is 53.6 Å². The number of carbonyl (C=O) groups is 1. The summed E-state index contributed by atoms with van der Waals surface area (Å²) in [6.07, 6.45) is 3.18. The zero-order valence-corrected chi connectivity index (χ0v) is 19.3. The quantitative estimate of drug-likeness (QED) is 0.252. The molecule has 3 aromatic rings. The molecule has 4 rings (SSSR count). The predicted octanol–water partition coefficient (Wildman–Crippen LogP) is 5.83. The van der Waals surface area contributed by atoms with Crippen LogP contribution in [0.25, 0.3) is 0 Å². The highest BCUT2D eigenvalue weighted by Crippen LogP contribution is 2.44. The van der Waals surface area contributed by atoms with Gasteiger partial charge in [-0.1, -0.05) is 38.0 Å². The second-order valence-electron chi connectivity index (χ2n) is 8.15. The number of rotatable bonds is 8. The summed E-state index contributed by atoms with van der Waals surface area (Å²) < 4.78 is 30.2. The van der Waals surface area contributed by atoms with Crippen molar-refractivity contribution >= 4 is 5.97 Å². The van der Waals surface area contributed by atoms with Crippen molar-refractivity contribution in [3.05, 3.63) is 101 Å². The molecule has 1 unspecified atom stereocenters. The van der Waals surface area contributed by atoms with Crippen LogP contribution >= 0.6 is 0 Å². The first-order chi connectivity index (χ1) is 17.0. The smallest absolute Gasteiger partial charge is 0.343 e. The molecule has 1 heterocycles. The number of allylic oxidation sites excluding steroid dienone is 1. The molecule has 1 aliphatic heterocycles. The first kappa shape index (κ1) is 23.8.